The number of carbonyl (C=O) groups is 2. The summed E-state index contributed by atoms with van der Waals surface area (Å²) in [5.74, 6) is 1.86. The Hall–Kier alpha value is -4.30. The Morgan fingerprint density at radius 3 is 2.10 bits per heavy atom. The van der Waals surface area contributed by atoms with Gasteiger partial charge in [0, 0.05) is 81.3 Å². The van der Waals surface area contributed by atoms with Gasteiger partial charge < -0.3 is 43.6 Å². The lowest BCUT2D eigenvalue weighted by Gasteiger charge is -2.40. The molecule has 1 saturated carbocycles. The number of rotatable bonds is 28. The molecular formula is C52H78F2N6O7. The van der Waals surface area contributed by atoms with Gasteiger partial charge in [0.25, 0.3) is 0 Å². The molecule has 15 heteroatoms. The lowest BCUT2D eigenvalue weighted by molar-refractivity contribution is -0.135. The number of hydrogen-bond acceptors (Lipinski definition) is 11. The highest BCUT2D eigenvalue weighted by Gasteiger charge is 2.36. The van der Waals surface area contributed by atoms with Crippen LogP contribution in [0.25, 0.3) is 0 Å². The molecule has 0 aromatic heterocycles. The van der Waals surface area contributed by atoms with Crippen LogP contribution >= 0.6 is 0 Å². The molecule has 4 unspecified atom stereocenters. The van der Waals surface area contributed by atoms with E-state index in [1.165, 1.54) is 17.5 Å². The Morgan fingerprint density at radius 2 is 1.52 bits per heavy atom. The van der Waals surface area contributed by atoms with Gasteiger partial charge in [-0.25, -0.2) is 8.78 Å². The quantitative estimate of drug-likeness (QED) is 0.0251. The maximum Gasteiger partial charge on any atom is 0.248 e. The Balaban J connectivity index is 0.000000865. The summed E-state index contributed by atoms with van der Waals surface area (Å²) in [6, 6.07) is 20.0. The van der Waals surface area contributed by atoms with Crippen LogP contribution in [0.4, 0.5) is 8.78 Å². The second-order valence-electron chi connectivity index (χ2n) is 18.0. The van der Waals surface area contributed by atoms with E-state index in [-0.39, 0.29) is 30.7 Å². The first-order valence-electron chi connectivity index (χ1n) is 24.3. The van der Waals surface area contributed by atoms with E-state index in [2.05, 4.69) is 72.4 Å². The number of carbonyl (C=O) groups excluding carboxylic acids is 2. The molecule has 2 aromatic carbocycles. The summed E-state index contributed by atoms with van der Waals surface area (Å²) in [6.07, 6.45) is 12.1. The van der Waals surface area contributed by atoms with Gasteiger partial charge in [-0.2, -0.15) is 0 Å². The van der Waals surface area contributed by atoms with Crippen molar-refractivity contribution in [2.45, 2.75) is 127 Å². The molecule has 3 aliphatic rings. The molecule has 2 aliphatic heterocycles. The lowest BCUT2D eigenvalue weighted by atomic mass is 9.88. The fourth-order valence-corrected chi connectivity index (χ4v) is 9.14. The SMILES string of the molecule is C#CCOCCOCCOCCOCCOc1ccc(C2CN(C(=O)CCCC(=N)N(C(C)=N)C(C)CC3CCC(C)N3CCC(NC)c3ccccc3)C2)cc1.O=CC1CCC(F)(F)CC1. The Bertz CT molecular complexity index is 1780. The van der Waals surface area contributed by atoms with Crippen LogP contribution in [-0.4, -0.2) is 149 Å². The van der Waals surface area contributed by atoms with E-state index in [4.69, 9.17) is 40.9 Å². The van der Waals surface area contributed by atoms with E-state index in [9.17, 15) is 18.4 Å². The Morgan fingerprint density at radius 1 is 0.910 bits per heavy atom. The smallest absolute Gasteiger partial charge is 0.248 e. The summed E-state index contributed by atoms with van der Waals surface area (Å²) in [5.41, 5.74) is 2.52. The van der Waals surface area contributed by atoms with Crippen molar-refractivity contribution in [1.29, 1.82) is 10.8 Å². The van der Waals surface area contributed by atoms with E-state index >= 15 is 0 Å². The zero-order valence-electron chi connectivity index (χ0n) is 40.5. The predicted octanol–water partition coefficient (Wildman–Crippen LogP) is 8.13. The zero-order chi connectivity index (χ0) is 48.4. The molecule has 0 bridgehead atoms. The van der Waals surface area contributed by atoms with Crippen LogP contribution in [0.1, 0.15) is 114 Å². The summed E-state index contributed by atoms with van der Waals surface area (Å²) in [7, 11) is 2.04. The molecule has 1 amide bonds. The first-order valence-corrected chi connectivity index (χ1v) is 24.3. The van der Waals surface area contributed by atoms with Crippen molar-refractivity contribution in [3.63, 3.8) is 0 Å². The number of terminal acetylenes is 1. The van der Waals surface area contributed by atoms with Crippen molar-refractivity contribution in [2.24, 2.45) is 5.92 Å². The Kier molecular flexibility index (Phi) is 25.0. The lowest BCUT2D eigenvalue weighted by Crippen LogP contribution is -2.48. The van der Waals surface area contributed by atoms with Crippen molar-refractivity contribution in [2.75, 3.05) is 86.1 Å². The maximum absolute atomic E-state index is 13.0. The maximum atomic E-state index is 13.0. The number of amides is 1. The van der Waals surface area contributed by atoms with E-state index in [0.717, 1.165) is 37.8 Å². The predicted molar refractivity (Wildman–Crippen MR) is 259 cm³/mol. The van der Waals surface area contributed by atoms with Gasteiger partial charge in [0.2, 0.25) is 11.8 Å². The molecule has 67 heavy (non-hydrogen) atoms. The minimum Gasteiger partial charge on any atom is -0.491 e. The van der Waals surface area contributed by atoms with Gasteiger partial charge in [0.05, 0.1) is 52.1 Å². The number of benzene rings is 2. The number of halogens is 2. The Labute approximate surface area is 398 Å². The second kappa shape index (κ2) is 30.2. The molecular weight excluding hydrogens is 859 g/mol. The summed E-state index contributed by atoms with van der Waals surface area (Å²) < 4.78 is 52.2. The van der Waals surface area contributed by atoms with Crippen LogP contribution < -0.4 is 10.1 Å². The van der Waals surface area contributed by atoms with Gasteiger partial charge in [0.1, 0.15) is 31.1 Å². The monoisotopic (exact) mass is 937 g/mol. The molecule has 2 aromatic rings. The second-order valence-corrected chi connectivity index (χ2v) is 18.0. The number of aldehydes is 1. The molecule has 4 atom stereocenters. The fourth-order valence-electron chi connectivity index (χ4n) is 9.14. The third-order valence-corrected chi connectivity index (χ3v) is 13.0. The number of ether oxygens (including phenoxy) is 5. The minimum atomic E-state index is -2.50. The van der Waals surface area contributed by atoms with Crippen molar-refractivity contribution < 1.29 is 42.1 Å². The molecule has 3 N–H and O–H groups in total. The van der Waals surface area contributed by atoms with Gasteiger partial charge in [0.15, 0.2) is 0 Å². The highest BCUT2D eigenvalue weighted by atomic mass is 19.3. The highest BCUT2D eigenvalue weighted by molar-refractivity contribution is 5.97. The van der Waals surface area contributed by atoms with E-state index in [1.807, 2.05) is 29.0 Å². The van der Waals surface area contributed by atoms with Crippen LogP contribution in [0.5, 0.6) is 5.75 Å². The number of alkyl halides is 2. The average Bonchev–Trinajstić information content (AvgIpc) is 3.64. The van der Waals surface area contributed by atoms with E-state index in [0.29, 0.717) is 140 Å². The topological polar surface area (TPSA) is 150 Å². The van der Waals surface area contributed by atoms with Crippen molar-refractivity contribution in [3.8, 4) is 18.1 Å². The summed E-state index contributed by atoms with van der Waals surface area (Å²) in [6.45, 7) is 12.8. The molecule has 0 radical (unpaired) electrons. The normalized spacial score (nSPS) is 19.3. The van der Waals surface area contributed by atoms with Gasteiger partial charge in [-0.15, -0.1) is 6.42 Å². The molecule has 13 nitrogen and oxygen atoms in total. The molecule has 372 valence electrons. The number of likely N-dealkylation sites (tertiary alicyclic amines) is 2. The van der Waals surface area contributed by atoms with Crippen LogP contribution in [-0.2, 0) is 28.5 Å². The molecule has 2 heterocycles. The summed E-state index contributed by atoms with van der Waals surface area (Å²) >= 11 is 0. The van der Waals surface area contributed by atoms with Gasteiger partial charge in [-0.1, -0.05) is 48.4 Å². The third-order valence-electron chi connectivity index (χ3n) is 13.0. The van der Waals surface area contributed by atoms with Crippen LogP contribution in [0.15, 0.2) is 54.6 Å². The van der Waals surface area contributed by atoms with Crippen LogP contribution in [0.3, 0.4) is 0 Å². The van der Waals surface area contributed by atoms with Crippen molar-refractivity contribution in [3.05, 3.63) is 65.7 Å². The van der Waals surface area contributed by atoms with E-state index in [1.54, 1.807) is 6.92 Å². The van der Waals surface area contributed by atoms with Gasteiger partial charge in [-0.05, 0) is 96.0 Å². The number of nitrogens with zero attached hydrogens (tertiary/aromatic N) is 3. The molecule has 2 saturated heterocycles. The number of amidine groups is 2. The average molecular weight is 937 g/mol. The summed E-state index contributed by atoms with van der Waals surface area (Å²) in [4.78, 5) is 29.6. The molecule has 0 spiro atoms. The standard InChI is InChI=1S/C45H68N6O6.C7H10F2O/c1-6-23-53-24-25-54-26-27-55-28-29-56-30-31-57-42-19-16-38(17-20-42)40-33-49(34-40)45(52)14-10-13-44(47)51(37(4)46)36(3)32-41-18-15-35(2)50(41)22-21-43(48-5)39-11-8-7-9-12-39;8-7(9)3-1-6(5-10)2-4-7/h1,7-9,11-12,16-17,19-20,35-36,40-41,43,46-48H,10,13-15,18,21-34H2,2-5H3;5-6H,1-4H2. The number of hydrogen-bond donors (Lipinski definition) is 3. The minimum absolute atomic E-state index is 0.0397. The third kappa shape index (κ3) is 19.7. The first-order chi connectivity index (χ1) is 32.3. The van der Waals surface area contributed by atoms with Crippen LogP contribution in [0.2, 0.25) is 0 Å². The van der Waals surface area contributed by atoms with Crippen molar-refractivity contribution >= 4 is 23.9 Å². The van der Waals surface area contributed by atoms with E-state index < -0.39 is 5.92 Å². The highest BCUT2D eigenvalue weighted by Crippen LogP contribution is 2.35. The van der Waals surface area contributed by atoms with Crippen LogP contribution in [0, 0.1) is 29.1 Å². The molecule has 3 fully saturated rings. The largest absolute Gasteiger partial charge is 0.491 e. The summed E-state index contributed by atoms with van der Waals surface area (Å²) in [5, 5.41) is 21.0. The van der Waals surface area contributed by atoms with Gasteiger partial charge in [-0.3, -0.25) is 20.5 Å². The number of nitrogens with one attached hydrogen (secondary N) is 3. The fraction of sp³-hybridized carbons (Fsp3) is 0.654. The zero-order valence-corrected chi connectivity index (χ0v) is 40.5. The van der Waals surface area contributed by atoms with Crippen molar-refractivity contribution in [1.82, 2.24) is 20.0 Å². The molecule has 5 rings (SSSR count). The van der Waals surface area contributed by atoms with Gasteiger partial charge >= 0.3 is 0 Å². The molecule has 1 aliphatic carbocycles. The first kappa shape index (κ1) is 55.3.